The van der Waals surface area contributed by atoms with Gasteiger partial charge in [-0.2, -0.15) is 5.11 Å². The van der Waals surface area contributed by atoms with Crippen molar-refractivity contribution in [2.24, 2.45) is 10.2 Å². The second-order valence-electron chi connectivity index (χ2n) is 12.7. The molecule has 0 N–H and O–H groups in total. The van der Waals surface area contributed by atoms with Crippen molar-refractivity contribution in [2.75, 3.05) is 120 Å². The third-order valence-corrected chi connectivity index (χ3v) is 8.31. The molecule has 0 aromatic heterocycles. The van der Waals surface area contributed by atoms with Gasteiger partial charge >= 0.3 is 11.9 Å². The molecule has 5 rings (SSSR count). The number of ether oxygens (including phenoxy) is 13. The Kier molecular flexibility index (Phi) is 20.7. The minimum Gasteiger partial charge on any atom is -0.491 e. The predicted molar refractivity (Wildman–Crippen MR) is 220 cm³/mol. The van der Waals surface area contributed by atoms with E-state index < -0.39 is 11.9 Å². The number of hydrogen-bond acceptors (Lipinski definition) is 17. The van der Waals surface area contributed by atoms with Crippen molar-refractivity contribution in [3.63, 3.8) is 0 Å². The highest BCUT2D eigenvalue weighted by Crippen LogP contribution is 2.45. The van der Waals surface area contributed by atoms with Crippen LogP contribution in [0.5, 0.6) is 34.5 Å². The number of carbonyl (C=O) groups excluding carboxylic acids is 2. The quantitative estimate of drug-likeness (QED) is 0.0410. The first kappa shape index (κ1) is 46.4. The van der Waals surface area contributed by atoms with E-state index in [0.717, 1.165) is 0 Å². The van der Waals surface area contributed by atoms with E-state index in [0.29, 0.717) is 108 Å². The summed E-state index contributed by atoms with van der Waals surface area (Å²) in [5, 5.41) is 8.84. The number of rotatable bonds is 20. The van der Waals surface area contributed by atoms with Crippen LogP contribution in [0.1, 0.15) is 20.7 Å². The fourth-order valence-electron chi connectivity index (χ4n) is 5.23. The van der Waals surface area contributed by atoms with E-state index in [-0.39, 0.29) is 54.9 Å². The predicted octanol–water partition coefficient (Wildman–Crippen LogP) is 6.45. The lowest BCUT2D eigenvalue weighted by molar-refractivity contribution is 0.00704. The molecule has 1 aliphatic heterocycles. The van der Waals surface area contributed by atoms with Crippen LogP contribution in [0.15, 0.2) is 95.2 Å². The molecule has 17 nitrogen and oxygen atoms in total. The van der Waals surface area contributed by atoms with Gasteiger partial charge in [0.05, 0.1) is 96.1 Å². The average molecular weight is 849 g/mol. The molecule has 17 heteroatoms. The van der Waals surface area contributed by atoms with Gasteiger partial charge in [0.2, 0.25) is 5.75 Å². The Bertz CT molecular complexity index is 1910. The van der Waals surface area contributed by atoms with Gasteiger partial charge in [-0.05, 0) is 84.9 Å². The van der Waals surface area contributed by atoms with Crippen LogP contribution in [0.2, 0.25) is 0 Å². The number of carbonyl (C=O) groups is 2. The molecular weight excluding hydrogens is 796 g/mol. The highest BCUT2D eigenvalue weighted by Gasteiger charge is 2.22. The summed E-state index contributed by atoms with van der Waals surface area (Å²) in [6, 6.07) is 22.8. The van der Waals surface area contributed by atoms with Crippen molar-refractivity contribution in [2.45, 2.75) is 0 Å². The van der Waals surface area contributed by atoms with Crippen molar-refractivity contribution in [3.05, 3.63) is 96.1 Å². The van der Waals surface area contributed by atoms with E-state index in [1.54, 1.807) is 99.1 Å². The Morgan fingerprint density at radius 3 is 1.46 bits per heavy atom. The van der Waals surface area contributed by atoms with Crippen LogP contribution >= 0.6 is 0 Å². The molecule has 1 aliphatic rings. The number of azo groups is 1. The van der Waals surface area contributed by atoms with Gasteiger partial charge in [0.25, 0.3) is 0 Å². The highest BCUT2D eigenvalue weighted by molar-refractivity contribution is 5.92. The smallest absolute Gasteiger partial charge is 0.343 e. The lowest BCUT2D eigenvalue weighted by atomic mass is 10.2. The van der Waals surface area contributed by atoms with Crippen LogP contribution in [0.3, 0.4) is 0 Å². The molecular formula is C44H52N2O15. The van der Waals surface area contributed by atoms with E-state index in [2.05, 4.69) is 10.2 Å². The molecule has 0 fully saturated rings. The Morgan fingerprint density at radius 2 is 0.934 bits per heavy atom. The maximum Gasteiger partial charge on any atom is 0.343 e. The summed E-state index contributed by atoms with van der Waals surface area (Å²) >= 11 is 0. The summed E-state index contributed by atoms with van der Waals surface area (Å²) in [5.74, 6) is 0.705. The van der Waals surface area contributed by atoms with Crippen molar-refractivity contribution >= 4 is 23.3 Å². The molecule has 0 bridgehead atoms. The van der Waals surface area contributed by atoms with E-state index in [4.69, 9.17) is 61.6 Å². The maximum absolute atomic E-state index is 13.4. The summed E-state index contributed by atoms with van der Waals surface area (Å²) in [4.78, 5) is 26.2. The average Bonchev–Trinajstić information content (AvgIpc) is 3.29. The fourth-order valence-corrected chi connectivity index (χ4v) is 5.23. The molecule has 0 unspecified atom stereocenters. The molecule has 0 atom stereocenters. The van der Waals surface area contributed by atoms with Crippen molar-refractivity contribution in [1.82, 2.24) is 0 Å². The Labute approximate surface area is 354 Å². The Balaban J connectivity index is 1.25. The van der Waals surface area contributed by atoms with Crippen molar-refractivity contribution in [3.8, 4) is 34.5 Å². The second-order valence-corrected chi connectivity index (χ2v) is 12.7. The monoisotopic (exact) mass is 848 g/mol. The zero-order valence-corrected chi connectivity index (χ0v) is 34.4. The molecule has 0 saturated heterocycles. The third kappa shape index (κ3) is 16.7. The zero-order valence-electron chi connectivity index (χ0n) is 34.4. The van der Waals surface area contributed by atoms with Gasteiger partial charge in [0, 0.05) is 14.2 Å². The number of methoxy groups -OCH3 is 2. The molecule has 61 heavy (non-hydrogen) atoms. The van der Waals surface area contributed by atoms with Crippen LogP contribution in [-0.2, 0) is 33.2 Å². The largest absolute Gasteiger partial charge is 0.491 e. The molecule has 0 aliphatic carbocycles. The topological polar surface area (TPSA) is 179 Å². The summed E-state index contributed by atoms with van der Waals surface area (Å²) in [7, 11) is 3.22. The molecule has 0 radical (unpaired) electrons. The van der Waals surface area contributed by atoms with E-state index in [9.17, 15) is 9.59 Å². The number of hydrogen-bond donors (Lipinski definition) is 0. The van der Waals surface area contributed by atoms with Crippen molar-refractivity contribution < 1.29 is 71.2 Å². The fraction of sp³-hybridized carbons (Fsp3) is 0.409. The van der Waals surface area contributed by atoms with Crippen LogP contribution in [-0.4, -0.2) is 132 Å². The van der Waals surface area contributed by atoms with Gasteiger partial charge in [-0.1, -0.05) is 0 Å². The normalized spacial score (nSPS) is 13.8. The van der Waals surface area contributed by atoms with Gasteiger partial charge in [0.15, 0.2) is 11.5 Å². The minimum atomic E-state index is -0.635. The van der Waals surface area contributed by atoms with Gasteiger partial charge in [-0.25, -0.2) is 9.59 Å². The van der Waals surface area contributed by atoms with Crippen LogP contribution < -0.4 is 28.4 Å². The first-order valence-corrected chi connectivity index (χ1v) is 19.7. The molecule has 0 amide bonds. The number of esters is 2. The van der Waals surface area contributed by atoms with Crippen LogP contribution in [0.25, 0.3) is 0 Å². The lowest BCUT2D eigenvalue weighted by Crippen LogP contribution is -2.14. The highest BCUT2D eigenvalue weighted by atomic mass is 16.6. The molecule has 4 aromatic rings. The number of nitrogens with zero attached hydrogens (tertiary/aromatic N) is 2. The van der Waals surface area contributed by atoms with Gasteiger partial charge < -0.3 is 61.6 Å². The van der Waals surface area contributed by atoms with Crippen LogP contribution in [0, 0.1) is 0 Å². The molecule has 0 spiro atoms. The Hall–Kier alpha value is -5.66. The lowest BCUT2D eigenvalue weighted by Gasteiger charge is -2.18. The first-order chi connectivity index (χ1) is 30.0. The van der Waals surface area contributed by atoms with E-state index in [1.165, 1.54) is 0 Å². The summed E-state index contributed by atoms with van der Waals surface area (Å²) < 4.78 is 72.6. The second kappa shape index (κ2) is 27.2. The third-order valence-electron chi connectivity index (χ3n) is 8.31. The summed E-state index contributed by atoms with van der Waals surface area (Å²) in [5.41, 5.74) is 1.38. The molecule has 0 saturated carbocycles. The molecule has 1 heterocycles. The molecule has 4 aromatic carbocycles. The van der Waals surface area contributed by atoms with Crippen LogP contribution in [0.4, 0.5) is 11.4 Å². The molecule has 328 valence electrons. The maximum atomic E-state index is 13.4. The van der Waals surface area contributed by atoms with E-state index in [1.807, 2.05) is 0 Å². The number of benzene rings is 4. The minimum absolute atomic E-state index is 0.0951. The standard InChI is InChI=1S/C44H52N2O15/c1-49-17-19-51-25-29-56-36-9-3-33(4-10-36)43(47)60-38-13-7-35(8-14-38)45-46-39-15-16-40(42-41(39)58-31-27-54-23-21-53-22-24-55-28-32-59-42)61-44(48)34-5-11-37(12-6-34)57-30-26-52-20-18-50-2/h3-16H,17-32H2,1-2H3. The van der Waals surface area contributed by atoms with Gasteiger partial charge in [-0.3, -0.25) is 0 Å². The zero-order chi connectivity index (χ0) is 42.7. The SMILES string of the molecule is COCCOCCOc1ccc(C(=O)Oc2ccc(N=Nc3ccc(OC(=O)c4ccc(OCCOCCOC)cc4)c4c3OCCOCCOCCOCCO4)cc2)cc1. The van der Waals surface area contributed by atoms with E-state index >= 15 is 0 Å². The van der Waals surface area contributed by atoms with Gasteiger partial charge in [0.1, 0.15) is 49.4 Å². The van der Waals surface area contributed by atoms with Crippen molar-refractivity contribution in [1.29, 1.82) is 0 Å². The Morgan fingerprint density at radius 1 is 0.475 bits per heavy atom. The number of fused-ring (bicyclic) bond motifs is 1. The first-order valence-electron chi connectivity index (χ1n) is 19.7. The summed E-state index contributed by atoms with van der Waals surface area (Å²) in [6.07, 6.45) is 0. The summed E-state index contributed by atoms with van der Waals surface area (Å²) in [6.45, 7) is 5.68. The van der Waals surface area contributed by atoms with Gasteiger partial charge in [-0.15, -0.1) is 5.11 Å².